The van der Waals surface area contributed by atoms with E-state index >= 15 is 4.39 Å². The van der Waals surface area contributed by atoms with Gasteiger partial charge >= 0.3 is 5.92 Å². The predicted octanol–water partition coefficient (Wildman–Crippen LogP) is 6.46. The zero-order valence-electron chi connectivity index (χ0n) is 23.2. The highest BCUT2D eigenvalue weighted by Gasteiger charge is 2.49. The molecule has 1 saturated carbocycles. The first kappa shape index (κ1) is 28.9. The summed E-state index contributed by atoms with van der Waals surface area (Å²) in [4.78, 5) is 8.99. The number of anilines is 1. The zero-order valence-corrected chi connectivity index (χ0v) is 23.2. The SMILES string of the molecule is COc1cc2nc(C)nc(N[C@H](C)c3cccc(C(F)(F)C(C)(C)O)c3F)c2cc1OCCOC1(C)CCC1. The van der Waals surface area contributed by atoms with Gasteiger partial charge in [0.2, 0.25) is 0 Å². The first-order valence-corrected chi connectivity index (χ1v) is 13.0. The maximum atomic E-state index is 15.4. The maximum absolute atomic E-state index is 15.4. The third kappa shape index (κ3) is 5.91. The van der Waals surface area contributed by atoms with Crippen LogP contribution in [0.15, 0.2) is 30.3 Å². The van der Waals surface area contributed by atoms with E-state index in [1.54, 1.807) is 26.0 Å². The smallest absolute Gasteiger partial charge is 0.303 e. The molecule has 10 heteroatoms. The first-order valence-electron chi connectivity index (χ1n) is 13.0. The molecule has 0 saturated heterocycles. The zero-order chi connectivity index (χ0) is 28.6. The van der Waals surface area contributed by atoms with Crippen LogP contribution in [0, 0.1) is 12.7 Å². The minimum Gasteiger partial charge on any atom is -0.493 e. The van der Waals surface area contributed by atoms with E-state index in [1.165, 1.54) is 25.7 Å². The van der Waals surface area contributed by atoms with Crippen LogP contribution in [0.25, 0.3) is 10.9 Å². The van der Waals surface area contributed by atoms with Crippen molar-refractivity contribution in [2.45, 2.75) is 77.0 Å². The van der Waals surface area contributed by atoms with Gasteiger partial charge in [-0.1, -0.05) is 12.1 Å². The van der Waals surface area contributed by atoms with Crippen molar-refractivity contribution in [2.24, 2.45) is 0 Å². The summed E-state index contributed by atoms with van der Waals surface area (Å²) in [5.41, 5.74) is -2.82. The number of hydrogen-bond acceptors (Lipinski definition) is 7. The second-order valence-electron chi connectivity index (χ2n) is 10.8. The largest absolute Gasteiger partial charge is 0.493 e. The molecule has 0 radical (unpaired) electrons. The number of fused-ring (bicyclic) bond motifs is 1. The number of nitrogens with one attached hydrogen (secondary N) is 1. The number of aliphatic hydroxyl groups is 1. The third-order valence-electron chi connectivity index (χ3n) is 7.25. The lowest BCUT2D eigenvalue weighted by atomic mass is 9.82. The summed E-state index contributed by atoms with van der Waals surface area (Å²) >= 11 is 0. The number of methoxy groups -OCH3 is 1. The fraction of sp³-hybridized carbons (Fsp3) is 0.517. The Morgan fingerprint density at radius 2 is 1.85 bits per heavy atom. The van der Waals surface area contributed by atoms with Crippen molar-refractivity contribution in [2.75, 3.05) is 25.6 Å². The predicted molar refractivity (Wildman–Crippen MR) is 143 cm³/mol. The number of nitrogens with zero attached hydrogens (tertiary/aromatic N) is 2. The van der Waals surface area contributed by atoms with E-state index < -0.39 is 28.9 Å². The first-order chi connectivity index (χ1) is 18.3. The van der Waals surface area contributed by atoms with Crippen molar-refractivity contribution >= 4 is 16.7 Å². The van der Waals surface area contributed by atoms with E-state index in [1.807, 2.05) is 0 Å². The van der Waals surface area contributed by atoms with Gasteiger partial charge in [0.1, 0.15) is 29.7 Å². The van der Waals surface area contributed by atoms with Crippen molar-refractivity contribution in [1.82, 2.24) is 9.97 Å². The Morgan fingerprint density at radius 1 is 1.13 bits per heavy atom. The monoisotopic (exact) mass is 547 g/mol. The average Bonchev–Trinajstić information content (AvgIpc) is 2.84. The van der Waals surface area contributed by atoms with Crippen LogP contribution in [0.3, 0.4) is 0 Å². The Labute approximate surface area is 226 Å². The number of aromatic nitrogens is 2. The van der Waals surface area contributed by atoms with Crippen LogP contribution in [-0.2, 0) is 10.7 Å². The molecule has 0 unspecified atom stereocenters. The molecule has 1 atom stereocenters. The number of aryl methyl sites for hydroxylation is 1. The number of benzene rings is 2. The highest BCUT2D eigenvalue weighted by Crippen LogP contribution is 2.42. The van der Waals surface area contributed by atoms with Gasteiger partial charge in [0.05, 0.1) is 36.4 Å². The molecule has 1 fully saturated rings. The summed E-state index contributed by atoms with van der Waals surface area (Å²) < 4.78 is 62.5. The normalized spacial score (nSPS) is 16.1. The lowest BCUT2D eigenvalue weighted by Gasteiger charge is -2.38. The molecular formula is C29H36F3N3O4. The van der Waals surface area contributed by atoms with E-state index in [-0.39, 0.29) is 11.2 Å². The Balaban J connectivity index is 1.62. The molecule has 1 aromatic heterocycles. The molecule has 0 amide bonds. The molecule has 39 heavy (non-hydrogen) atoms. The molecule has 0 spiro atoms. The molecule has 0 aliphatic heterocycles. The summed E-state index contributed by atoms with van der Waals surface area (Å²) in [5, 5.41) is 13.7. The molecule has 1 aliphatic carbocycles. The van der Waals surface area contributed by atoms with Crippen LogP contribution in [0.5, 0.6) is 11.5 Å². The van der Waals surface area contributed by atoms with Crippen LogP contribution >= 0.6 is 0 Å². The fourth-order valence-corrected chi connectivity index (χ4v) is 4.63. The summed E-state index contributed by atoms with van der Waals surface area (Å²) in [6, 6.07) is 6.48. The number of alkyl halides is 2. The Morgan fingerprint density at radius 3 is 2.46 bits per heavy atom. The summed E-state index contributed by atoms with van der Waals surface area (Å²) in [6.45, 7) is 8.10. The number of rotatable bonds is 11. The second-order valence-corrected chi connectivity index (χ2v) is 10.8. The van der Waals surface area contributed by atoms with E-state index in [0.29, 0.717) is 47.3 Å². The molecule has 2 aromatic carbocycles. The molecule has 212 valence electrons. The van der Waals surface area contributed by atoms with E-state index in [2.05, 4.69) is 22.2 Å². The third-order valence-corrected chi connectivity index (χ3v) is 7.25. The van der Waals surface area contributed by atoms with Gasteiger partial charge in [-0.3, -0.25) is 0 Å². The van der Waals surface area contributed by atoms with Crippen LogP contribution in [0.2, 0.25) is 0 Å². The second kappa shape index (κ2) is 10.8. The molecule has 3 aromatic rings. The quantitative estimate of drug-likeness (QED) is 0.267. The molecule has 2 N–H and O–H groups in total. The highest BCUT2D eigenvalue weighted by atomic mass is 19.3. The van der Waals surface area contributed by atoms with Gasteiger partial charge in [0.25, 0.3) is 0 Å². The van der Waals surface area contributed by atoms with Crippen LogP contribution in [0.1, 0.15) is 70.0 Å². The number of ether oxygens (including phenoxy) is 3. The van der Waals surface area contributed by atoms with Crippen molar-refractivity contribution < 1.29 is 32.5 Å². The molecule has 0 bridgehead atoms. The Kier molecular flexibility index (Phi) is 8.01. The van der Waals surface area contributed by atoms with Crippen LogP contribution in [0.4, 0.5) is 19.0 Å². The minimum atomic E-state index is -3.80. The van der Waals surface area contributed by atoms with Crippen LogP contribution < -0.4 is 14.8 Å². The molecule has 7 nitrogen and oxygen atoms in total. The van der Waals surface area contributed by atoms with Crippen molar-refractivity contribution in [3.05, 3.63) is 53.1 Å². The van der Waals surface area contributed by atoms with Gasteiger partial charge in [0.15, 0.2) is 11.5 Å². The Bertz CT molecular complexity index is 1340. The minimum absolute atomic E-state index is 0.00691. The van der Waals surface area contributed by atoms with E-state index in [0.717, 1.165) is 32.8 Å². The topological polar surface area (TPSA) is 85.7 Å². The van der Waals surface area contributed by atoms with Gasteiger partial charge in [0, 0.05) is 17.0 Å². The number of hydrogen-bond donors (Lipinski definition) is 2. The van der Waals surface area contributed by atoms with Gasteiger partial charge < -0.3 is 24.6 Å². The summed E-state index contributed by atoms with van der Waals surface area (Å²) in [7, 11) is 1.54. The van der Waals surface area contributed by atoms with E-state index in [9.17, 15) is 13.9 Å². The van der Waals surface area contributed by atoms with Gasteiger partial charge in [-0.05, 0) is 66.0 Å². The van der Waals surface area contributed by atoms with Gasteiger partial charge in [-0.25, -0.2) is 14.4 Å². The van der Waals surface area contributed by atoms with Crippen molar-refractivity contribution in [1.29, 1.82) is 0 Å². The number of halogens is 3. The molecule has 1 aliphatic rings. The van der Waals surface area contributed by atoms with Crippen molar-refractivity contribution in [3.8, 4) is 11.5 Å². The summed E-state index contributed by atoms with van der Waals surface area (Å²) in [5.74, 6) is -3.10. The lowest BCUT2D eigenvalue weighted by molar-refractivity contribution is -0.170. The molecule has 1 heterocycles. The highest BCUT2D eigenvalue weighted by molar-refractivity contribution is 5.92. The van der Waals surface area contributed by atoms with E-state index in [4.69, 9.17) is 14.2 Å². The lowest BCUT2D eigenvalue weighted by Crippen LogP contribution is -2.41. The molecular weight excluding hydrogens is 511 g/mol. The maximum Gasteiger partial charge on any atom is 0.303 e. The standard InChI is InChI=1S/C29H36F3N3O4/c1-17(19-9-7-10-21(25(19)30)29(31,32)27(3,4)36)33-26-20-15-24(38-13-14-39-28(5)11-8-12-28)23(37-6)16-22(20)34-18(2)35-26/h7,9-10,15-17,36H,8,11-14H2,1-6H3,(H,33,34,35)/t17-/m1/s1. The van der Waals surface area contributed by atoms with Gasteiger partial charge in [-0.15, -0.1) is 0 Å². The van der Waals surface area contributed by atoms with Crippen molar-refractivity contribution in [3.63, 3.8) is 0 Å². The van der Waals surface area contributed by atoms with Gasteiger partial charge in [-0.2, -0.15) is 8.78 Å². The molecule has 4 rings (SSSR count). The summed E-state index contributed by atoms with van der Waals surface area (Å²) in [6.07, 6.45) is 3.24. The fourth-order valence-electron chi connectivity index (χ4n) is 4.63. The van der Waals surface area contributed by atoms with Crippen LogP contribution in [-0.4, -0.2) is 46.6 Å². The Hall–Kier alpha value is -3.11. The average molecular weight is 548 g/mol.